The molecule has 176 valence electrons. The molecule has 31 heavy (non-hydrogen) atoms. The van der Waals surface area contributed by atoms with E-state index in [1.165, 1.54) is 19.3 Å². The predicted molar refractivity (Wildman–Crippen MR) is 117 cm³/mol. The minimum absolute atomic E-state index is 0.100. The van der Waals surface area contributed by atoms with Crippen LogP contribution in [0.5, 0.6) is 0 Å². The quantitative estimate of drug-likeness (QED) is 0.290. The van der Waals surface area contributed by atoms with Gasteiger partial charge >= 0.3 is 5.97 Å². The molecule has 0 spiro atoms. The van der Waals surface area contributed by atoms with Gasteiger partial charge in [-0.25, -0.2) is 0 Å². The van der Waals surface area contributed by atoms with E-state index in [1.54, 1.807) is 0 Å². The molecule has 3 aliphatic heterocycles. The van der Waals surface area contributed by atoms with E-state index < -0.39 is 12.0 Å². The number of nitrogens with one attached hydrogen (secondary N) is 5. The zero-order chi connectivity index (χ0) is 22.1. The number of carbonyl (C=O) groups is 3. The van der Waals surface area contributed by atoms with Crippen LogP contribution in [0.4, 0.5) is 0 Å². The second-order valence-electron chi connectivity index (χ2n) is 9.32. The Bertz CT molecular complexity index is 611. The van der Waals surface area contributed by atoms with E-state index >= 15 is 0 Å². The Kier molecular flexibility index (Phi) is 9.54. The minimum atomic E-state index is -0.925. The number of fused-ring (bicyclic) bond motifs is 1. The summed E-state index contributed by atoms with van der Waals surface area (Å²) < 4.78 is 0. The third-order valence-corrected chi connectivity index (χ3v) is 6.94. The van der Waals surface area contributed by atoms with Crippen LogP contribution in [-0.2, 0) is 14.4 Å². The molecule has 4 unspecified atom stereocenters. The smallest absolute Gasteiger partial charge is 0.305 e. The highest BCUT2D eigenvalue weighted by atomic mass is 16.4. The van der Waals surface area contributed by atoms with E-state index in [2.05, 4.69) is 26.6 Å². The maximum absolute atomic E-state index is 12.3. The molecule has 9 nitrogen and oxygen atoms in total. The monoisotopic (exact) mass is 437 g/mol. The van der Waals surface area contributed by atoms with E-state index in [-0.39, 0.29) is 30.7 Å². The summed E-state index contributed by atoms with van der Waals surface area (Å²) in [5, 5.41) is 25.2. The first-order valence-corrected chi connectivity index (χ1v) is 12.0. The van der Waals surface area contributed by atoms with Crippen LogP contribution in [0, 0.1) is 11.8 Å². The normalized spacial score (nSPS) is 29.4. The fraction of sp³-hybridized carbons (Fsp3) is 0.864. The van der Waals surface area contributed by atoms with E-state index in [0.717, 1.165) is 51.1 Å². The Morgan fingerprint density at radius 2 is 1.87 bits per heavy atom. The van der Waals surface area contributed by atoms with Crippen LogP contribution in [0.1, 0.15) is 64.2 Å². The van der Waals surface area contributed by atoms with Crippen molar-refractivity contribution in [3.8, 4) is 0 Å². The summed E-state index contributed by atoms with van der Waals surface area (Å²) in [6, 6.07) is 0.0353. The molecule has 0 aromatic rings. The van der Waals surface area contributed by atoms with Gasteiger partial charge in [0.15, 0.2) is 0 Å². The average molecular weight is 438 g/mol. The number of hydrogen-bond acceptors (Lipinski definition) is 6. The maximum Gasteiger partial charge on any atom is 0.305 e. The predicted octanol–water partition coefficient (Wildman–Crippen LogP) is 0.310. The molecule has 0 bridgehead atoms. The molecular formula is C22H39N5O4. The van der Waals surface area contributed by atoms with Gasteiger partial charge in [0.2, 0.25) is 11.8 Å². The summed E-state index contributed by atoms with van der Waals surface area (Å²) in [6.07, 6.45) is 9.30. The van der Waals surface area contributed by atoms with Crippen LogP contribution in [-0.4, -0.2) is 67.3 Å². The third-order valence-electron chi connectivity index (χ3n) is 6.94. The lowest BCUT2D eigenvalue weighted by Crippen LogP contribution is -2.57. The topological polar surface area (TPSA) is 132 Å². The molecule has 3 rings (SSSR count). The van der Waals surface area contributed by atoms with Crippen molar-refractivity contribution < 1.29 is 19.5 Å². The van der Waals surface area contributed by atoms with Gasteiger partial charge in [-0.05, 0) is 82.8 Å². The molecule has 3 heterocycles. The zero-order valence-electron chi connectivity index (χ0n) is 18.5. The Hall–Kier alpha value is -1.71. The Balaban J connectivity index is 1.31. The molecule has 3 aliphatic rings. The van der Waals surface area contributed by atoms with Crippen LogP contribution in [0.25, 0.3) is 0 Å². The zero-order valence-corrected chi connectivity index (χ0v) is 18.5. The molecular weight excluding hydrogens is 398 g/mol. The second-order valence-corrected chi connectivity index (χ2v) is 9.32. The summed E-state index contributed by atoms with van der Waals surface area (Å²) in [5.41, 5.74) is 0. The van der Waals surface area contributed by atoms with Gasteiger partial charge in [0.25, 0.3) is 0 Å². The third kappa shape index (κ3) is 8.05. The Morgan fingerprint density at radius 1 is 1.03 bits per heavy atom. The highest BCUT2D eigenvalue weighted by Gasteiger charge is 2.31. The van der Waals surface area contributed by atoms with Crippen molar-refractivity contribution in [3.05, 3.63) is 0 Å². The summed E-state index contributed by atoms with van der Waals surface area (Å²) in [7, 11) is 0. The summed E-state index contributed by atoms with van der Waals surface area (Å²) >= 11 is 0. The van der Waals surface area contributed by atoms with Crippen molar-refractivity contribution in [2.24, 2.45) is 11.8 Å². The molecule has 3 saturated heterocycles. The number of rotatable bonds is 10. The van der Waals surface area contributed by atoms with Crippen LogP contribution in [0.15, 0.2) is 0 Å². The Morgan fingerprint density at radius 3 is 2.65 bits per heavy atom. The van der Waals surface area contributed by atoms with Gasteiger partial charge in [-0.15, -0.1) is 0 Å². The van der Waals surface area contributed by atoms with E-state index in [4.69, 9.17) is 5.11 Å². The second kappa shape index (κ2) is 12.4. The minimum Gasteiger partial charge on any atom is -0.481 e. The van der Waals surface area contributed by atoms with Gasteiger partial charge in [-0.2, -0.15) is 0 Å². The van der Waals surface area contributed by atoms with Crippen molar-refractivity contribution in [1.82, 2.24) is 26.6 Å². The number of carbonyl (C=O) groups excluding carboxylic acids is 2. The maximum atomic E-state index is 12.3. The number of piperidine rings is 3. The fourth-order valence-corrected chi connectivity index (χ4v) is 5.22. The van der Waals surface area contributed by atoms with Crippen molar-refractivity contribution in [1.29, 1.82) is 0 Å². The van der Waals surface area contributed by atoms with Crippen molar-refractivity contribution in [3.63, 3.8) is 0 Å². The number of aliphatic carboxylic acids is 1. The SMILES string of the molecule is O=C(O)C[C@H](NC(=O)CNC(=O)CCCC1CCC2CCCNC2N1)C1CCCNC1. The highest BCUT2D eigenvalue weighted by molar-refractivity contribution is 5.85. The first-order chi connectivity index (χ1) is 15.0. The first kappa shape index (κ1) is 23.9. The first-order valence-electron chi connectivity index (χ1n) is 12.0. The Labute approximate surface area is 184 Å². The van der Waals surface area contributed by atoms with Gasteiger partial charge in [-0.3, -0.25) is 19.7 Å². The van der Waals surface area contributed by atoms with Crippen LogP contribution in [0.3, 0.4) is 0 Å². The number of carboxylic acids is 1. The number of hydrogen-bond donors (Lipinski definition) is 6. The van der Waals surface area contributed by atoms with Gasteiger partial charge < -0.3 is 26.4 Å². The molecule has 6 N–H and O–H groups in total. The summed E-state index contributed by atoms with van der Waals surface area (Å²) in [6.45, 7) is 2.60. The molecule has 0 saturated carbocycles. The van der Waals surface area contributed by atoms with Gasteiger partial charge in [-0.1, -0.05) is 0 Å². The molecule has 0 radical (unpaired) electrons. The molecule has 0 aliphatic carbocycles. The van der Waals surface area contributed by atoms with E-state index in [1.807, 2.05) is 0 Å². The van der Waals surface area contributed by atoms with Crippen LogP contribution < -0.4 is 26.6 Å². The molecule has 0 aromatic heterocycles. The lowest BCUT2D eigenvalue weighted by molar-refractivity contribution is -0.138. The van der Waals surface area contributed by atoms with E-state index in [9.17, 15) is 14.4 Å². The largest absolute Gasteiger partial charge is 0.481 e. The van der Waals surface area contributed by atoms with Gasteiger partial charge in [0.05, 0.1) is 19.1 Å². The highest BCUT2D eigenvalue weighted by Crippen LogP contribution is 2.27. The van der Waals surface area contributed by atoms with Crippen LogP contribution >= 0.6 is 0 Å². The van der Waals surface area contributed by atoms with Gasteiger partial charge in [0.1, 0.15) is 0 Å². The molecule has 0 aromatic carbocycles. The molecule has 5 atom stereocenters. The number of carboxylic acid groups (broad SMARTS) is 1. The average Bonchev–Trinajstić information content (AvgIpc) is 2.77. The van der Waals surface area contributed by atoms with Crippen molar-refractivity contribution in [2.75, 3.05) is 26.2 Å². The standard InChI is InChI=1S/C22H39N5O4/c28-19(7-1-6-17-9-8-15-4-3-11-24-22(15)26-17)25-14-20(29)27-18(12-21(30)31)16-5-2-10-23-13-16/h15-18,22-24,26H,1-14H2,(H,25,28)(H,27,29)(H,30,31)/t15?,16?,17?,18-,22?/m0/s1. The summed E-state index contributed by atoms with van der Waals surface area (Å²) in [5.74, 6) is -0.542. The summed E-state index contributed by atoms with van der Waals surface area (Å²) in [4.78, 5) is 35.6. The van der Waals surface area contributed by atoms with Crippen LogP contribution in [0.2, 0.25) is 0 Å². The molecule has 9 heteroatoms. The number of amides is 2. The lowest BCUT2D eigenvalue weighted by atomic mass is 9.84. The van der Waals surface area contributed by atoms with Gasteiger partial charge in [0, 0.05) is 18.5 Å². The lowest BCUT2D eigenvalue weighted by Gasteiger charge is -2.41. The van der Waals surface area contributed by atoms with E-state index in [0.29, 0.717) is 25.2 Å². The molecule has 2 amide bonds. The van der Waals surface area contributed by atoms with Crippen molar-refractivity contribution in [2.45, 2.75) is 82.5 Å². The van der Waals surface area contributed by atoms with Crippen molar-refractivity contribution >= 4 is 17.8 Å². The molecule has 3 fully saturated rings. The fourth-order valence-electron chi connectivity index (χ4n) is 5.22.